The minimum Gasteiger partial charge on any atom is -0.380 e. The summed E-state index contributed by atoms with van der Waals surface area (Å²) in [6.45, 7) is 10.0. The van der Waals surface area contributed by atoms with E-state index in [0.717, 1.165) is 26.1 Å². The summed E-state index contributed by atoms with van der Waals surface area (Å²) in [5.74, 6) is 0. The quantitative estimate of drug-likeness (QED) is 0.902. The molecule has 0 saturated carbocycles. The molecule has 2 atom stereocenters. The minimum atomic E-state index is 0.217. The van der Waals surface area contributed by atoms with Crippen LogP contribution in [0.25, 0.3) is 0 Å². The van der Waals surface area contributed by atoms with E-state index in [1.807, 2.05) is 14.2 Å². The Morgan fingerprint density at radius 2 is 1.95 bits per heavy atom. The van der Waals surface area contributed by atoms with Crippen molar-refractivity contribution in [1.82, 2.24) is 10.2 Å². The highest BCUT2D eigenvalue weighted by Crippen LogP contribution is 2.25. The fourth-order valence-corrected chi connectivity index (χ4v) is 2.99. The molecular formula is C18H30N2O. The number of likely N-dealkylation sites (tertiary alicyclic amines) is 1. The van der Waals surface area contributed by atoms with Crippen molar-refractivity contribution < 1.29 is 4.74 Å². The first-order chi connectivity index (χ1) is 9.94. The molecule has 1 aliphatic heterocycles. The standard InChI is InChI=1S/C18H30N2O/c1-18(2,3)15-8-6-14(7-9-15)17(19-4)13-20-11-10-16(12-20)21-5/h6-9,16-17,19H,10-13H2,1-5H3. The largest absolute Gasteiger partial charge is 0.380 e. The summed E-state index contributed by atoms with van der Waals surface area (Å²) in [4.78, 5) is 2.49. The molecule has 3 nitrogen and oxygen atoms in total. The topological polar surface area (TPSA) is 24.5 Å². The predicted octanol–water partition coefficient (Wildman–Crippen LogP) is 2.97. The summed E-state index contributed by atoms with van der Waals surface area (Å²) in [7, 11) is 3.86. The van der Waals surface area contributed by atoms with Crippen LogP contribution in [-0.2, 0) is 10.2 Å². The number of rotatable bonds is 5. The van der Waals surface area contributed by atoms with E-state index in [9.17, 15) is 0 Å². The van der Waals surface area contributed by atoms with Gasteiger partial charge in [0.15, 0.2) is 0 Å². The average molecular weight is 290 g/mol. The summed E-state index contributed by atoms with van der Waals surface area (Å²) >= 11 is 0. The molecular weight excluding hydrogens is 260 g/mol. The Kier molecular flexibility index (Phi) is 5.42. The first kappa shape index (κ1) is 16.5. The molecule has 0 bridgehead atoms. The zero-order valence-electron chi connectivity index (χ0n) is 14.1. The van der Waals surface area contributed by atoms with Crippen LogP contribution in [0, 0.1) is 0 Å². The van der Waals surface area contributed by atoms with Crippen LogP contribution in [0.15, 0.2) is 24.3 Å². The maximum atomic E-state index is 5.45. The molecule has 1 fully saturated rings. The van der Waals surface area contributed by atoms with Gasteiger partial charge in [0.05, 0.1) is 6.10 Å². The number of nitrogens with one attached hydrogen (secondary N) is 1. The average Bonchev–Trinajstić information content (AvgIpc) is 2.92. The number of nitrogens with zero attached hydrogens (tertiary/aromatic N) is 1. The summed E-state index contributed by atoms with van der Waals surface area (Å²) in [6, 6.07) is 9.45. The van der Waals surface area contributed by atoms with Gasteiger partial charge >= 0.3 is 0 Å². The van der Waals surface area contributed by atoms with Gasteiger partial charge in [0.25, 0.3) is 0 Å². The van der Waals surface area contributed by atoms with E-state index < -0.39 is 0 Å². The van der Waals surface area contributed by atoms with Crippen LogP contribution in [-0.4, -0.2) is 44.8 Å². The second kappa shape index (κ2) is 6.91. The lowest BCUT2D eigenvalue weighted by molar-refractivity contribution is 0.107. The molecule has 1 aromatic carbocycles. The predicted molar refractivity (Wildman–Crippen MR) is 88.8 cm³/mol. The van der Waals surface area contributed by atoms with Gasteiger partial charge < -0.3 is 10.1 Å². The van der Waals surface area contributed by atoms with E-state index in [4.69, 9.17) is 4.74 Å². The Balaban J connectivity index is 2.01. The molecule has 1 saturated heterocycles. The Hall–Kier alpha value is -0.900. The molecule has 1 aromatic rings. The minimum absolute atomic E-state index is 0.217. The molecule has 0 radical (unpaired) electrons. The van der Waals surface area contributed by atoms with Crippen LogP contribution in [0.2, 0.25) is 0 Å². The van der Waals surface area contributed by atoms with Gasteiger partial charge in [0, 0.05) is 32.8 Å². The first-order valence-electron chi connectivity index (χ1n) is 7.97. The molecule has 0 amide bonds. The SMILES string of the molecule is CNC(CN1CCC(OC)C1)c1ccc(C(C)(C)C)cc1. The molecule has 0 spiro atoms. The van der Waals surface area contributed by atoms with Crippen LogP contribution in [0.4, 0.5) is 0 Å². The monoisotopic (exact) mass is 290 g/mol. The van der Waals surface area contributed by atoms with Gasteiger partial charge in [-0.2, -0.15) is 0 Å². The van der Waals surface area contributed by atoms with E-state index in [0.29, 0.717) is 12.1 Å². The van der Waals surface area contributed by atoms with Gasteiger partial charge in [0.1, 0.15) is 0 Å². The Bertz CT molecular complexity index is 436. The highest BCUT2D eigenvalue weighted by atomic mass is 16.5. The van der Waals surface area contributed by atoms with Gasteiger partial charge in [-0.3, -0.25) is 4.90 Å². The van der Waals surface area contributed by atoms with Gasteiger partial charge in [-0.1, -0.05) is 45.0 Å². The van der Waals surface area contributed by atoms with Gasteiger partial charge in [-0.25, -0.2) is 0 Å². The van der Waals surface area contributed by atoms with Crippen molar-refractivity contribution in [3.05, 3.63) is 35.4 Å². The van der Waals surface area contributed by atoms with Crippen LogP contribution in [0.5, 0.6) is 0 Å². The first-order valence-corrected chi connectivity index (χ1v) is 7.97. The Morgan fingerprint density at radius 1 is 1.29 bits per heavy atom. The Labute approximate surface area is 129 Å². The lowest BCUT2D eigenvalue weighted by Crippen LogP contribution is -2.33. The fraction of sp³-hybridized carbons (Fsp3) is 0.667. The van der Waals surface area contributed by atoms with Crippen molar-refractivity contribution in [3.63, 3.8) is 0 Å². The maximum Gasteiger partial charge on any atom is 0.0710 e. The van der Waals surface area contributed by atoms with Crippen molar-refractivity contribution >= 4 is 0 Å². The molecule has 1 N–H and O–H groups in total. The van der Waals surface area contributed by atoms with Gasteiger partial charge in [-0.15, -0.1) is 0 Å². The lowest BCUT2D eigenvalue weighted by atomic mass is 9.86. The molecule has 118 valence electrons. The summed E-state index contributed by atoms with van der Waals surface area (Å²) in [5, 5.41) is 3.45. The molecule has 1 aliphatic rings. The van der Waals surface area contributed by atoms with Crippen LogP contribution in [0.1, 0.15) is 44.4 Å². The third-order valence-electron chi connectivity index (χ3n) is 4.53. The zero-order chi connectivity index (χ0) is 15.5. The molecule has 2 rings (SSSR count). The number of benzene rings is 1. The maximum absolute atomic E-state index is 5.45. The van der Waals surface area contributed by atoms with Crippen molar-refractivity contribution in [2.75, 3.05) is 33.8 Å². The number of ether oxygens (including phenoxy) is 1. The van der Waals surface area contributed by atoms with Crippen molar-refractivity contribution in [3.8, 4) is 0 Å². The lowest BCUT2D eigenvalue weighted by Gasteiger charge is -2.25. The normalized spacial score (nSPS) is 21.7. The molecule has 1 heterocycles. The van der Waals surface area contributed by atoms with Crippen LogP contribution >= 0.6 is 0 Å². The van der Waals surface area contributed by atoms with E-state index in [2.05, 4.69) is 55.3 Å². The summed E-state index contributed by atoms with van der Waals surface area (Å²) < 4.78 is 5.45. The third-order valence-corrected chi connectivity index (χ3v) is 4.53. The van der Waals surface area contributed by atoms with Crippen molar-refractivity contribution in [2.45, 2.75) is 44.8 Å². The number of likely N-dealkylation sites (N-methyl/N-ethyl adjacent to an activating group) is 1. The van der Waals surface area contributed by atoms with E-state index in [-0.39, 0.29) is 5.41 Å². The fourth-order valence-electron chi connectivity index (χ4n) is 2.99. The number of methoxy groups -OCH3 is 1. The van der Waals surface area contributed by atoms with Crippen LogP contribution in [0.3, 0.4) is 0 Å². The molecule has 0 aliphatic carbocycles. The molecule has 2 unspecified atom stereocenters. The Morgan fingerprint density at radius 3 is 2.43 bits per heavy atom. The van der Waals surface area contributed by atoms with Crippen LogP contribution < -0.4 is 5.32 Å². The van der Waals surface area contributed by atoms with E-state index in [1.165, 1.54) is 11.1 Å². The number of hydrogen-bond acceptors (Lipinski definition) is 3. The molecule has 3 heteroatoms. The van der Waals surface area contributed by atoms with Crippen molar-refractivity contribution in [1.29, 1.82) is 0 Å². The van der Waals surface area contributed by atoms with E-state index >= 15 is 0 Å². The number of hydrogen-bond donors (Lipinski definition) is 1. The van der Waals surface area contributed by atoms with Crippen molar-refractivity contribution in [2.24, 2.45) is 0 Å². The summed E-state index contributed by atoms with van der Waals surface area (Å²) in [5.41, 5.74) is 2.97. The third kappa shape index (κ3) is 4.29. The van der Waals surface area contributed by atoms with Gasteiger partial charge in [0.2, 0.25) is 0 Å². The zero-order valence-corrected chi connectivity index (χ0v) is 14.1. The van der Waals surface area contributed by atoms with E-state index in [1.54, 1.807) is 0 Å². The van der Waals surface area contributed by atoms with Gasteiger partial charge in [-0.05, 0) is 30.0 Å². The smallest absolute Gasteiger partial charge is 0.0710 e. The molecule has 21 heavy (non-hydrogen) atoms. The summed E-state index contributed by atoms with van der Waals surface area (Å²) in [6.07, 6.45) is 1.56. The molecule has 0 aromatic heterocycles. The second-order valence-corrected chi connectivity index (χ2v) is 7.12. The highest BCUT2D eigenvalue weighted by Gasteiger charge is 2.24. The second-order valence-electron chi connectivity index (χ2n) is 7.12. The highest BCUT2D eigenvalue weighted by molar-refractivity contribution is 5.29.